The number of imidazole rings is 1. The number of nitrogens with zero attached hydrogens (tertiary/aromatic N) is 2. The first-order valence-corrected chi connectivity index (χ1v) is 10.9. The average Bonchev–Trinajstić information content (AvgIpc) is 3.03. The highest BCUT2D eigenvalue weighted by atomic mass is 35.5. The Balaban J connectivity index is 1.68. The van der Waals surface area contributed by atoms with Gasteiger partial charge in [-0.25, -0.2) is 9.37 Å². The number of allylic oxidation sites excluding steroid dienone is 1. The van der Waals surface area contributed by atoms with Gasteiger partial charge in [-0.1, -0.05) is 73.1 Å². The van der Waals surface area contributed by atoms with E-state index in [9.17, 15) is 9.18 Å². The molecule has 7 heteroatoms. The van der Waals surface area contributed by atoms with Crippen LogP contribution >= 0.6 is 35.0 Å². The van der Waals surface area contributed by atoms with Gasteiger partial charge < -0.3 is 0 Å². The lowest BCUT2D eigenvalue weighted by atomic mass is 10.1. The molecule has 1 aliphatic carbocycles. The minimum absolute atomic E-state index is 0.0128. The van der Waals surface area contributed by atoms with Crippen LogP contribution in [0.2, 0.25) is 0 Å². The molecule has 1 saturated carbocycles. The van der Waals surface area contributed by atoms with Gasteiger partial charge in [-0.2, -0.15) is 0 Å². The van der Waals surface area contributed by atoms with E-state index in [4.69, 9.17) is 23.2 Å². The van der Waals surface area contributed by atoms with Crippen molar-refractivity contribution in [1.82, 2.24) is 9.55 Å². The third kappa shape index (κ3) is 3.96. The molecule has 0 aliphatic heterocycles. The summed E-state index contributed by atoms with van der Waals surface area (Å²) in [6.45, 7) is 4.08. The number of para-hydroxylation sites is 2. The number of thioether (sulfide) groups is 1. The number of fused-ring (bicyclic) bond motifs is 1. The summed E-state index contributed by atoms with van der Waals surface area (Å²) >= 11 is 13.2. The number of carbonyl (C=O) groups excluding carboxylic acids is 1. The molecule has 29 heavy (non-hydrogen) atoms. The maximum absolute atomic E-state index is 13.5. The standard InChI is InChI=1S/C22H19Cl2FN2OS/c1-22(2)15(11-18(23)24)19(22)20(28)27-17-6-4-3-5-16(17)26-21(27)29-12-13-7-9-14(25)10-8-13/h3-11,15,19H,12H2,1-2H3/t15-,19-/m0/s1. The highest BCUT2D eigenvalue weighted by Gasteiger charge is 2.61. The maximum Gasteiger partial charge on any atom is 0.237 e. The van der Waals surface area contributed by atoms with Gasteiger partial charge in [0.2, 0.25) is 5.91 Å². The Hall–Kier alpha value is -1.82. The summed E-state index contributed by atoms with van der Waals surface area (Å²) < 4.78 is 15.0. The Bertz CT molecular complexity index is 1100. The summed E-state index contributed by atoms with van der Waals surface area (Å²) in [5.41, 5.74) is 2.28. The number of halogens is 3. The number of hydrogen-bond acceptors (Lipinski definition) is 3. The molecule has 2 aromatic carbocycles. The molecule has 2 atom stereocenters. The summed E-state index contributed by atoms with van der Waals surface area (Å²) in [4.78, 5) is 18.2. The van der Waals surface area contributed by atoms with E-state index < -0.39 is 0 Å². The summed E-state index contributed by atoms with van der Waals surface area (Å²) in [6, 6.07) is 13.9. The number of benzene rings is 2. The molecule has 1 aliphatic rings. The zero-order valence-corrected chi connectivity index (χ0v) is 18.2. The van der Waals surface area contributed by atoms with Crippen LogP contribution in [0, 0.1) is 23.1 Å². The van der Waals surface area contributed by atoms with Crippen molar-refractivity contribution >= 4 is 51.9 Å². The van der Waals surface area contributed by atoms with E-state index in [1.54, 1.807) is 22.8 Å². The minimum Gasteiger partial charge on any atom is -0.274 e. The van der Waals surface area contributed by atoms with Crippen molar-refractivity contribution in [3.63, 3.8) is 0 Å². The second-order valence-corrected chi connectivity index (χ2v) is 9.70. The first-order valence-electron chi connectivity index (χ1n) is 9.21. The summed E-state index contributed by atoms with van der Waals surface area (Å²) in [7, 11) is 0. The highest BCUT2D eigenvalue weighted by Crippen LogP contribution is 2.60. The van der Waals surface area contributed by atoms with Gasteiger partial charge in [-0.3, -0.25) is 9.36 Å². The third-order valence-corrected chi connectivity index (χ3v) is 6.78. The van der Waals surface area contributed by atoms with Gasteiger partial charge >= 0.3 is 0 Å². The lowest BCUT2D eigenvalue weighted by molar-refractivity contribution is 0.0862. The SMILES string of the molecule is CC1(C)[C@H](C(=O)n2c(SCc3ccc(F)cc3)nc3ccccc32)[C@@H]1C=C(Cl)Cl. The number of aromatic nitrogens is 2. The van der Waals surface area contributed by atoms with Crippen LogP contribution in [0.1, 0.15) is 24.2 Å². The quantitative estimate of drug-likeness (QED) is 0.407. The van der Waals surface area contributed by atoms with Crippen LogP contribution in [0.4, 0.5) is 4.39 Å². The fourth-order valence-electron chi connectivity index (χ4n) is 3.78. The fourth-order valence-corrected chi connectivity index (χ4v) is 5.02. The first kappa shape index (κ1) is 20.5. The van der Waals surface area contributed by atoms with E-state index in [2.05, 4.69) is 4.98 Å². The molecular formula is C22H19Cl2FN2OS. The molecule has 0 amide bonds. The van der Waals surface area contributed by atoms with Crippen LogP contribution in [0.25, 0.3) is 11.0 Å². The highest BCUT2D eigenvalue weighted by molar-refractivity contribution is 7.98. The Morgan fingerprint density at radius 2 is 1.90 bits per heavy atom. The molecule has 1 fully saturated rings. The Morgan fingerprint density at radius 1 is 1.21 bits per heavy atom. The van der Waals surface area contributed by atoms with Crippen molar-refractivity contribution in [2.75, 3.05) is 0 Å². The van der Waals surface area contributed by atoms with Crippen molar-refractivity contribution in [2.45, 2.75) is 24.8 Å². The van der Waals surface area contributed by atoms with Crippen LogP contribution in [-0.2, 0) is 5.75 Å². The molecule has 1 heterocycles. The summed E-state index contributed by atoms with van der Waals surface area (Å²) in [6.07, 6.45) is 1.75. The summed E-state index contributed by atoms with van der Waals surface area (Å²) in [5.74, 6) is 0.0612. The lowest BCUT2D eigenvalue weighted by Crippen LogP contribution is -2.17. The average molecular weight is 449 g/mol. The zero-order chi connectivity index (χ0) is 20.8. The Morgan fingerprint density at radius 3 is 2.59 bits per heavy atom. The molecule has 4 rings (SSSR count). The topological polar surface area (TPSA) is 34.9 Å². The normalized spacial score (nSPS) is 19.9. The monoisotopic (exact) mass is 448 g/mol. The molecular weight excluding hydrogens is 430 g/mol. The van der Waals surface area contributed by atoms with Crippen molar-refractivity contribution in [3.05, 3.63) is 70.5 Å². The number of carbonyl (C=O) groups is 1. The van der Waals surface area contributed by atoms with Crippen molar-refractivity contribution < 1.29 is 9.18 Å². The molecule has 0 spiro atoms. The van der Waals surface area contributed by atoms with E-state index >= 15 is 0 Å². The van der Waals surface area contributed by atoms with E-state index in [0.717, 1.165) is 16.6 Å². The molecule has 0 saturated heterocycles. The van der Waals surface area contributed by atoms with Gasteiger partial charge in [0.25, 0.3) is 0 Å². The van der Waals surface area contributed by atoms with Gasteiger partial charge in [0.05, 0.1) is 17.0 Å². The van der Waals surface area contributed by atoms with E-state index in [-0.39, 0.29) is 33.5 Å². The van der Waals surface area contributed by atoms with Crippen molar-refractivity contribution in [1.29, 1.82) is 0 Å². The van der Waals surface area contributed by atoms with Crippen LogP contribution in [0.5, 0.6) is 0 Å². The first-order chi connectivity index (χ1) is 13.8. The fraction of sp³-hybridized carbons (Fsp3) is 0.273. The Kier molecular flexibility index (Phi) is 5.49. The van der Waals surface area contributed by atoms with Crippen LogP contribution in [0.15, 0.2) is 64.3 Å². The second kappa shape index (κ2) is 7.78. The summed E-state index contributed by atoms with van der Waals surface area (Å²) in [5, 5.41) is 0.628. The van der Waals surface area contributed by atoms with Gasteiger partial charge in [0, 0.05) is 5.75 Å². The molecule has 0 bridgehead atoms. The van der Waals surface area contributed by atoms with Crippen molar-refractivity contribution in [3.8, 4) is 0 Å². The molecule has 0 radical (unpaired) electrons. The van der Waals surface area contributed by atoms with E-state index in [0.29, 0.717) is 10.9 Å². The third-order valence-electron chi connectivity index (χ3n) is 5.51. The predicted octanol–water partition coefficient (Wildman–Crippen LogP) is 6.70. The van der Waals surface area contributed by atoms with Crippen LogP contribution in [-0.4, -0.2) is 15.5 Å². The molecule has 150 valence electrons. The van der Waals surface area contributed by atoms with Crippen LogP contribution in [0.3, 0.4) is 0 Å². The lowest BCUT2D eigenvalue weighted by Gasteiger charge is -2.09. The number of rotatable bonds is 5. The van der Waals surface area contributed by atoms with Gasteiger partial charge in [-0.05, 0) is 47.2 Å². The number of hydrogen-bond donors (Lipinski definition) is 0. The van der Waals surface area contributed by atoms with Crippen LogP contribution < -0.4 is 0 Å². The molecule has 1 aromatic heterocycles. The predicted molar refractivity (Wildman–Crippen MR) is 117 cm³/mol. The second-order valence-electron chi connectivity index (χ2n) is 7.75. The molecule has 3 aromatic rings. The van der Waals surface area contributed by atoms with Gasteiger partial charge in [-0.15, -0.1) is 0 Å². The minimum atomic E-state index is -0.269. The molecule has 3 nitrogen and oxygen atoms in total. The Labute approximate surface area is 182 Å². The zero-order valence-electron chi connectivity index (χ0n) is 15.9. The maximum atomic E-state index is 13.5. The van der Waals surface area contributed by atoms with Crippen molar-refractivity contribution in [2.24, 2.45) is 17.3 Å². The molecule has 0 unspecified atom stereocenters. The smallest absolute Gasteiger partial charge is 0.237 e. The molecule has 0 N–H and O–H groups in total. The van der Waals surface area contributed by atoms with Gasteiger partial charge in [0.1, 0.15) is 10.3 Å². The van der Waals surface area contributed by atoms with Gasteiger partial charge in [0.15, 0.2) is 5.16 Å². The van der Waals surface area contributed by atoms with E-state index in [1.807, 2.05) is 38.1 Å². The largest absolute Gasteiger partial charge is 0.274 e. The van der Waals surface area contributed by atoms with E-state index in [1.165, 1.54) is 23.9 Å².